The molecular formula is C20H24N4O. The number of H-pyrrole nitrogens is 1. The van der Waals surface area contributed by atoms with Gasteiger partial charge in [0.15, 0.2) is 5.82 Å². The lowest BCUT2D eigenvalue weighted by Gasteiger charge is -2.20. The molecule has 25 heavy (non-hydrogen) atoms. The van der Waals surface area contributed by atoms with Crippen molar-refractivity contribution in [3.05, 3.63) is 76.9 Å². The lowest BCUT2D eigenvalue weighted by molar-refractivity contribution is 0.0684. The first-order valence-electron chi connectivity index (χ1n) is 8.45. The average Bonchev–Trinajstić information content (AvgIpc) is 3.09. The van der Waals surface area contributed by atoms with Gasteiger partial charge >= 0.3 is 0 Å². The fraction of sp³-hybridized carbons (Fsp3) is 0.350. The second kappa shape index (κ2) is 6.76. The molecule has 0 radical (unpaired) electrons. The Morgan fingerprint density at radius 3 is 2.68 bits per heavy atom. The van der Waals surface area contributed by atoms with Crippen molar-refractivity contribution in [2.45, 2.75) is 45.6 Å². The quantitative estimate of drug-likeness (QED) is 0.748. The zero-order valence-corrected chi connectivity index (χ0v) is 15.1. The Balaban J connectivity index is 2.01. The number of hydrogen-bond acceptors (Lipinski definition) is 4. The molecule has 0 saturated carbocycles. The summed E-state index contributed by atoms with van der Waals surface area (Å²) in [6, 6.07) is 8.28. The van der Waals surface area contributed by atoms with Crippen LogP contribution in [0.5, 0.6) is 0 Å². The van der Waals surface area contributed by atoms with E-state index in [0.29, 0.717) is 12.2 Å². The van der Waals surface area contributed by atoms with Crippen LogP contribution in [0.3, 0.4) is 0 Å². The Kier molecular flexibility index (Phi) is 4.68. The third kappa shape index (κ3) is 3.77. The van der Waals surface area contributed by atoms with Crippen LogP contribution in [0.15, 0.2) is 43.0 Å². The van der Waals surface area contributed by atoms with E-state index in [4.69, 9.17) is 0 Å². The zero-order valence-electron chi connectivity index (χ0n) is 15.1. The van der Waals surface area contributed by atoms with Crippen molar-refractivity contribution in [2.24, 2.45) is 0 Å². The Morgan fingerprint density at radius 1 is 1.20 bits per heavy atom. The van der Waals surface area contributed by atoms with Crippen LogP contribution in [-0.2, 0) is 12.0 Å². The third-order valence-corrected chi connectivity index (χ3v) is 4.59. The highest BCUT2D eigenvalue weighted by Crippen LogP contribution is 2.30. The molecule has 3 rings (SSSR count). The summed E-state index contributed by atoms with van der Waals surface area (Å²) in [7, 11) is 0. The first-order chi connectivity index (χ1) is 11.9. The number of hydrogen-bond donors (Lipinski definition) is 2. The summed E-state index contributed by atoms with van der Waals surface area (Å²) in [6.07, 6.45) is 5.99. The molecule has 130 valence electrons. The lowest BCUT2D eigenvalue weighted by Crippen LogP contribution is -2.20. The monoisotopic (exact) mass is 336 g/mol. The molecule has 0 spiro atoms. The fourth-order valence-corrected chi connectivity index (χ4v) is 3.01. The molecule has 3 aromatic rings. The summed E-state index contributed by atoms with van der Waals surface area (Å²) >= 11 is 0. The van der Waals surface area contributed by atoms with Gasteiger partial charge in [-0.1, -0.05) is 18.2 Å². The SMILES string of the molecule is Cc1cccc(C(Cc2ccnc(C(C)(C)O)n2)c2cnc[nH]2)c1C. The van der Waals surface area contributed by atoms with E-state index in [2.05, 4.69) is 52.0 Å². The zero-order chi connectivity index (χ0) is 18.0. The van der Waals surface area contributed by atoms with Gasteiger partial charge in [-0.05, 0) is 50.5 Å². The Bertz CT molecular complexity index is 850. The first kappa shape index (κ1) is 17.3. The van der Waals surface area contributed by atoms with Crippen molar-refractivity contribution in [1.82, 2.24) is 19.9 Å². The topological polar surface area (TPSA) is 74.7 Å². The second-order valence-corrected chi connectivity index (χ2v) is 6.98. The maximum Gasteiger partial charge on any atom is 0.159 e. The minimum absolute atomic E-state index is 0.118. The van der Waals surface area contributed by atoms with Gasteiger partial charge in [0.2, 0.25) is 0 Å². The van der Waals surface area contributed by atoms with E-state index in [9.17, 15) is 5.11 Å². The highest BCUT2D eigenvalue weighted by Gasteiger charge is 2.23. The number of aryl methyl sites for hydroxylation is 1. The van der Waals surface area contributed by atoms with Gasteiger partial charge in [0, 0.05) is 36.1 Å². The van der Waals surface area contributed by atoms with E-state index >= 15 is 0 Å². The van der Waals surface area contributed by atoms with Crippen molar-refractivity contribution < 1.29 is 5.11 Å². The summed E-state index contributed by atoms with van der Waals surface area (Å²) in [6.45, 7) is 7.67. The Labute approximate surface area is 148 Å². The highest BCUT2D eigenvalue weighted by atomic mass is 16.3. The van der Waals surface area contributed by atoms with Gasteiger partial charge in [0.1, 0.15) is 5.60 Å². The van der Waals surface area contributed by atoms with Crippen molar-refractivity contribution in [3.8, 4) is 0 Å². The molecule has 1 aromatic carbocycles. The molecule has 2 aromatic heterocycles. The van der Waals surface area contributed by atoms with Crippen LogP contribution >= 0.6 is 0 Å². The molecule has 5 heteroatoms. The smallest absolute Gasteiger partial charge is 0.159 e. The van der Waals surface area contributed by atoms with E-state index in [1.165, 1.54) is 16.7 Å². The van der Waals surface area contributed by atoms with E-state index in [0.717, 1.165) is 11.4 Å². The summed E-state index contributed by atoms with van der Waals surface area (Å²) in [5.74, 6) is 0.557. The van der Waals surface area contributed by atoms with Crippen LogP contribution < -0.4 is 0 Å². The van der Waals surface area contributed by atoms with Gasteiger partial charge < -0.3 is 10.1 Å². The van der Waals surface area contributed by atoms with E-state index < -0.39 is 5.60 Å². The van der Waals surface area contributed by atoms with Gasteiger partial charge in [-0.25, -0.2) is 15.0 Å². The van der Waals surface area contributed by atoms with Crippen molar-refractivity contribution in [2.75, 3.05) is 0 Å². The molecule has 1 atom stereocenters. The predicted molar refractivity (Wildman–Crippen MR) is 97.3 cm³/mol. The number of nitrogens with zero attached hydrogens (tertiary/aromatic N) is 3. The number of aromatic nitrogens is 4. The summed E-state index contributed by atoms with van der Waals surface area (Å²) < 4.78 is 0. The Morgan fingerprint density at radius 2 is 2.00 bits per heavy atom. The van der Waals surface area contributed by atoms with Crippen LogP contribution in [0.1, 0.15) is 53.7 Å². The Hall–Kier alpha value is -2.53. The predicted octanol–water partition coefficient (Wildman–Crippen LogP) is 3.42. The van der Waals surface area contributed by atoms with Crippen LogP contribution in [-0.4, -0.2) is 25.0 Å². The number of benzene rings is 1. The van der Waals surface area contributed by atoms with Crippen molar-refractivity contribution >= 4 is 0 Å². The number of rotatable bonds is 5. The van der Waals surface area contributed by atoms with Gasteiger partial charge in [0.25, 0.3) is 0 Å². The van der Waals surface area contributed by atoms with Crippen molar-refractivity contribution in [3.63, 3.8) is 0 Å². The van der Waals surface area contributed by atoms with E-state index in [1.807, 2.05) is 12.3 Å². The number of aromatic amines is 1. The molecule has 2 N–H and O–H groups in total. The van der Waals surface area contributed by atoms with Gasteiger partial charge in [0.05, 0.1) is 6.33 Å². The minimum atomic E-state index is -1.06. The summed E-state index contributed by atoms with van der Waals surface area (Å²) in [4.78, 5) is 16.2. The van der Waals surface area contributed by atoms with Gasteiger partial charge in [-0.15, -0.1) is 0 Å². The normalized spacial score (nSPS) is 13.0. The van der Waals surface area contributed by atoms with Crippen LogP contribution in [0, 0.1) is 13.8 Å². The molecule has 2 heterocycles. The molecule has 1 unspecified atom stereocenters. The lowest BCUT2D eigenvalue weighted by atomic mass is 9.87. The fourth-order valence-electron chi connectivity index (χ4n) is 3.01. The average molecular weight is 336 g/mol. The van der Waals surface area contributed by atoms with Crippen molar-refractivity contribution in [1.29, 1.82) is 0 Å². The van der Waals surface area contributed by atoms with Gasteiger partial charge in [-0.2, -0.15) is 0 Å². The molecule has 0 amide bonds. The van der Waals surface area contributed by atoms with Gasteiger partial charge in [-0.3, -0.25) is 0 Å². The molecular weight excluding hydrogens is 312 g/mol. The number of aliphatic hydroxyl groups is 1. The largest absolute Gasteiger partial charge is 0.382 e. The summed E-state index contributed by atoms with van der Waals surface area (Å²) in [5, 5.41) is 10.2. The number of imidazole rings is 1. The number of nitrogens with one attached hydrogen (secondary N) is 1. The van der Waals surface area contributed by atoms with Crippen LogP contribution in [0.2, 0.25) is 0 Å². The standard InChI is InChI=1S/C20H24N4O/c1-13-6-5-7-16(14(13)2)17(18-11-21-12-23-18)10-15-8-9-22-19(24-15)20(3,4)25/h5-9,11-12,17,25H,10H2,1-4H3,(H,21,23). The third-order valence-electron chi connectivity index (χ3n) is 4.59. The van der Waals surface area contributed by atoms with Crippen LogP contribution in [0.25, 0.3) is 0 Å². The molecule has 0 bridgehead atoms. The maximum absolute atomic E-state index is 10.2. The highest BCUT2D eigenvalue weighted by molar-refractivity contribution is 5.40. The molecule has 0 aliphatic carbocycles. The van der Waals surface area contributed by atoms with E-state index in [-0.39, 0.29) is 5.92 Å². The van der Waals surface area contributed by atoms with Crippen LogP contribution in [0.4, 0.5) is 0 Å². The van der Waals surface area contributed by atoms with E-state index in [1.54, 1.807) is 26.4 Å². The molecule has 0 aliphatic heterocycles. The molecule has 5 nitrogen and oxygen atoms in total. The summed E-state index contributed by atoms with van der Waals surface area (Å²) in [5.41, 5.74) is 4.69. The second-order valence-electron chi connectivity index (χ2n) is 6.98. The molecule has 0 saturated heterocycles. The molecule has 0 aliphatic rings. The maximum atomic E-state index is 10.2. The minimum Gasteiger partial charge on any atom is -0.382 e. The molecule has 0 fully saturated rings. The first-order valence-corrected chi connectivity index (χ1v) is 8.45.